The molecular weight excluding hydrogens is 322 g/mol. The summed E-state index contributed by atoms with van der Waals surface area (Å²) in [5, 5.41) is 10.4. The normalized spacial score (nSPS) is 32.7. The minimum absolute atomic E-state index is 0.346. The van der Waals surface area contributed by atoms with E-state index >= 15 is 0 Å². The smallest absolute Gasteiger partial charge is 0.303 e. The molecule has 0 saturated carbocycles. The molecule has 0 amide bonds. The molecule has 2 unspecified atom stereocenters. The van der Waals surface area contributed by atoms with Crippen LogP contribution < -0.4 is 0 Å². The lowest BCUT2D eigenvalue weighted by atomic mass is 9.98. The van der Waals surface area contributed by atoms with Gasteiger partial charge >= 0.3 is 11.9 Å². The van der Waals surface area contributed by atoms with Crippen molar-refractivity contribution < 1.29 is 28.9 Å². The molecule has 1 fully saturated rings. The molecule has 0 aromatic heterocycles. The molecule has 2 aliphatic rings. The standard InChI is InChI=1S/C15H21NO6S/c1-4-5-6-11-16-12-14(21-9(3)19)13(20-8(2)18)10(7-17)22-15(12)23-11/h4,10,12-15,17H,1,5-7H2,2-3H3/t10-,12?,13-,14-,15?/m1/s1. The van der Waals surface area contributed by atoms with E-state index in [1.807, 2.05) is 0 Å². The maximum atomic E-state index is 11.4. The number of aliphatic hydroxyl groups excluding tert-OH is 1. The van der Waals surface area contributed by atoms with Gasteiger partial charge in [0, 0.05) is 13.8 Å². The zero-order valence-electron chi connectivity index (χ0n) is 13.1. The van der Waals surface area contributed by atoms with Crippen LogP contribution in [-0.4, -0.2) is 58.5 Å². The first-order valence-corrected chi connectivity index (χ1v) is 8.29. The number of fused-ring (bicyclic) bond motifs is 1. The molecular formula is C15H21NO6S. The highest BCUT2D eigenvalue weighted by Gasteiger charge is 2.52. The Morgan fingerprint density at radius 3 is 2.57 bits per heavy atom. The molecule has 0 aromatic carbocycles. The van der Waals surface area contributed by atoms with E-state index in [9.17, 15) is 14.7 Å². The van der Waals surface area contributed by atoms with Gasteiger partial charge in [0.05, 0.1) is 11.7 Å². The molecule has 0 aromatic rings. The van der Waals surface area contributed by atoms with E-state index in [4.69, 9.17) is 14.2 Å². The Morgan fingerprint density at radius 1 is 1.35 bits per heavy atom. The van der Waals surface area contributed by atoms with Crippen LogP contribution in [0.25, 0.3) is 0 Å². The second-order valence-corrected chi connectivity index (χ2v) is 6.50. The molecule has 8 heteroatoms. The van der Waals surface area contributed by atoms with Crippen LogP contribution in [0.3, 0.4) is 0 Å². The highest BCUT2D eigenvalue weighted by molar-refractivity contribution is 8.14. The van der Waals surface area contributed by atoms with Gasteiger partial charge in [0.15, 0.2) is 12.2 Å². The van der Waals surface area contributed by atoms with Crippen molar-refractivity contribution in [2.24, 2.45) is 4.99 Å². The first-order chi connectivity index (χ1) is 11.0. The first-order valence-electron chi connectivity index (χ1n) is 7.41. The summed E-state index contributed by atoms with van der Waals surface area (Å²) in [6.45, 7) is 5.88. The number of aliphatic imine (C=N–C) groups is 1. The summed E-state index contributed by atoms with van der Waals surface area (Å²) in [6.07, 6.45) is 0.880. The number of ether oxygens (including phenoxy) is 3. The van der Waals surface area contributed by atoms with Gasteiger partial charge in [-0.15, -0.1) is 6.58 Å². The Balaban J connectivity index is 2.24. The van der Waals surface area contributed by atoms with Gasteiger partial charge in [-0.1, -0.05) is 17.8 Å². The van der Waals surface area contributed by atoms with Gasteiger partial charge in [-0.3, -0.25) is 14.6 Å². The van der Waals surface area contributed by atoms with Gasteiger partial charge in [-0.2, -0.15) is 0 Å². The Kier molecular flexibility index (Phi) is 6.20. The molecule has 7 nitrogen and oxygen atoms in total. The number of rotatable bonds is 6. The average molecular weight is 343 g/mol. The van der Waals surface area contributed by atoms with E-state index in [1.54, 1.807) is 6.08 Å². The van der Waals surface area contributed by atoms with Crippen LogP contribution in [0.4, 0.5) is 0 Å². The molecule has 0 radical (unpaired) electrons. The van der Waals surface area contributed by atoms with Crippen molar-refractivity contribution in [3.05, 3.63) is 12.7 Å². The van der Waals surface area contributed by atoms with Crippen LogP contribution in [0.2, 0.25) is 0 Å². The fraction of sp³-hybridized carbons (Fsp3) is 0.667. The monoisotopic (exact) mass is 343 g/mol. The number of aliphatic hydroxyl groups is 1. The molecule has 23 heavy (non-hydrogen) atoms. The zero-order chi connectivity index (χ0) is 17.0. The van der Waals surface area contributed by atoms with E-state index in [1.165, 1.54) is 25.6 Å². The number of carbonyl (C=O) groups excluding carboxylic acids is 2. The summed E-state index contributed by atoms with van der Waals surface area (Å²) in [5.41, 5.74) is -0.372. The van der Waals surface area contributed by atoms with E-state index in [2.05, 4.69) is 11.6 Å². The number of nitrogens with zero attached hydrogens (tertiary/aromatic N) is 1. The molecule has 2 heterocycles. The predicted molar refractivity (Wildman–Crippen MR) is 85.1 cm³/mol. The van der Waals surface area contributed by atoms with Crippen molar-refractivity contribution in [1.29, 1.82) is 0 Å². The van der Waals surface area contributed by atoms with Gasteiger partial charge in [0.2, 0.25) is 0 Å². The van der Waals surface area contributed by atoms with Crippen molar-refractivity contribution in [2.75, 3.05) is 6.61 Å². The number of thioether (sulfide) groups is 1. The van der Waals surface area contributed by atoms with Crippen LogP contribution in [0.15, 0.2) is 17.6 Å². The van der Waals surface area contributed by atoms with E-state index in [0.29, 0.717) is 0 Å². The van der Waals surface area contributed by atoms with Gasteiger partial charge in [-0.05, 0) is 12.8 Å². The quantitative estimate of drug-likeness (QED) is 0.569. The van der Waals surface area contributed by atoms with E-state index < -0.39 is 36.3 Å². The molecule has 5 atom stereocenters. The third-order valence-corrected chi connectivity index (χ3v) is 4.71. The average Bonchev–Trinajstić information content (AvgIpc) is 2.89. The number of carbonyl (C=O) groups is 2. The molecule has 0 aliphatic carbocycles. The highest BCUT2D eigenvalue weighted by Crippen LogP contribution is 2.39. The van der Waals surface area contributed by atoms with Crippen molar-refractivity contribution in [3.8, 4) is 0 Å². The Hall–Kier alpha value is -1.38. The fourth-order valence-electron chi connectivity index (χ4n) is 2.61. The molecule has 2 rings (SSSR count). The first kappa shape index (κ1) is 18.0. The minimum atomic E-state index is -0.884. The van der Waals surface area contributed by atoms with E-state index in [-0.39, 0.29) is 12.0 Å². The summed E-state index contributed by atoms with van der Waals surface area (Å²) in [5.74, 6) is -1.03. The van der Waals surface area contributed by atoms with Crippen LogP contribution in [0.5, 0.6) is 0 Å². The minimum Gasteiger partial charge on any atom is -0.456 e. The van der Waals surface area contributed by atoms with Gasteiger partial charge in [0.1, 0.15) is 17.6 Å². The summed E-state index contributed by atoms with van der Waals surface area (Å²) in [4.78, 5) is 27.4. The molecule has 1 saturated heterocycles. The largest absolute Gasteiger partial charge is 0.456 e. The maximum absolute atomic E-state index is 11.4. The van der Waals surface area contributed by atoms with Gasteiger partial charge in [0.25, 0.3) is 0 Å². The van der Waals surface area contributed by atoms with Crippen molar-refractivity contribution in [1.82, 2.24) is 0 Å². The van der Waals surface area contributed by atoms with Crippen LogP contribution >= 0.6 is 11.8 Å². The number of esters is 2. The topological polar surface area (TPSA) is 94.4 Å². The number of hydrogen-bond donors (Lipinski definition) is 1. The van der Waals surface area contributed by atoms with Crippen LogP contribution in [0.1, 0.15) is 26.7 Å². The third-order valence-electron chi connectivity index (χ3n) is 3.51. The summed E-state index contributed by atoms with van der Waals surface area (Å²) in [6, 6.07) is -0.462. The Morgan fingerprint density at radius 2 is 2.00 bits per heavy atom. The second kappa shape index (κ2) is 7.94. The second-order valence-electron chi connectivity index (χ2n) is 5.33. The van der Waals surface area contributed by atoms with Crippen molar-refractivity contribution >= 4 is 28.7 Å². The van der Waals surface area contributed by atoms with Crippen LogP contribution in [-0.2, 0) is 23.8 Å². The van der Waals surface area contributed by atoms with Crippen molar-refractivity contribution in [3.63, 3.8) is 0 Å². The molecule has 1 N–H and O–H groups in total. The maximum Gasteiger partial charge on any atom is 0.303 e. The third kappa shape index (κ3) is 4.33. The van der Waals surface area contributed by atoms with Gasteiger partial charge in [-0.25, -0.2) is 0 Å². The van der Waals surface area contributed by atoms with Gasteiger partial charge < -0.3 is 19.3 Å². The summed E-state index contributed by atoms with van der Waals surface area (Å²) >= 11 is 1.44. The molecule has 128 valence electrons. The fourth-order valence-corrected chi connectivity index (χ4v) is 3.85. The van der Waals surface area contributed by atoms with Crippen molar-refractivity contribution in [2.45, 2.75) is 56.5 Å². The molecule has 0 spiro atoms. The SMILES string of the molecule is C=CCCC1=NC2C(O[C@H](CO)[C@@H](OC(C)=O)[C@@H]2OC(C)=O)S1. The highest BCUT2D eigenvalue weighted by atomic mass is 32.2. The summed E-state index contributed by atoms with van der Waals surface area (Å²) < 4.78 is 16.4. The lowest BCUT2D eigenvalue weighted by molar-refractivity contribution is -0.205. The molecule has 2 aliphatic heterocycles. The number of allylic oxidation sites excluding steroid dienone is 1. The number of hydrogen-bond acceptors (Lipinski definition) is 8. The zero-order valence-corrected chi connectivity index (χ0v) is 14.0. The van der Waals surface area contributed by atoms with Crippen LogP contribution in [0, 0.1) is 0 Å². The Bertz CT molecular complexity index is 508. The summed E-state index contributed by atoms with van der Waals surface area (Å²) in [7, 11) is 0. The predicted octanol–water partition coefficient (Wildman–Crippen LogP) is 1.05. The lowest BCUT2D eigenvalue weighted by Crippen LogP contribution is -2.58. The Labute approximate surface area is 139 Å². The lowest BCUT2D eigenvalue weighted by Gasteiger charge is -2.41. The molecule has 0 bridgehead atoms. The van der Waals surface area contributed by atoms with E-state index in [0.717, 1.165) is 17.9 Å².